The molecular formula is C27H23FN2O5. The molecule has 35 heavy (non-hydrogen) atoms. The van der Waals surface area contributed by atoms with E-state index >= 15 is 0 Å². The molecule has 8 heteroatoms. The highest BCUT2D eigenvalue weighted by Crippen LogP contribution is 2.42. The van der Waals surface area contributed by atoms with E-state index in [1.807, 2.05) is 26.8 Å². The number of anilines is 1. The molecule has 0 aliphatic carbocycles. The molecule has 178 valence electrons. The minimum absolute atomic E-state index is 0.0660. The monoisotopic (exact) mass is 474 g/mol. The molecule has 1 amide bonds. The molecule has 2 aromatic heterocycles. The number of nitrogens with zero attached hydrogens (tertiary/aromatic N) is 2. The fraction of sp³-hybridized carbons (Fsp3) is 0.222. The first-order chi connectivity index (χ1) is 16.9. The highest BCUT2D eigenvalue weighted by Gasteiger charge is 2.44. The van der Waals surface area contributed by atoms with Crippen LogP contribution >= 0.6 is 0 Å². The third-order valence-electron chi connectivity index (χ3n) is 5.86. The summed E-state index contributed by atoms with van der Waals surface area (Å²) >= 11 is 0. The van der Waals surface area contributed by atoms with Crippen LogP contribution in [0.25, 0.3) is 11.0 Å². The minimum atomic E-state index is -0.855. The summed E-state index contributed by atoms with van der Waals surface area (Å²) in [4.78, 5) is 33.1. The zero-order valence-corrected chi connectivity index (χ0v) is 19.5. The highest BCUT2D eigenvalue weighted by atomic mass is 19.1. The molecule has 1 aliphatic rings. The van der Waals surface area contributed by atoms with Crippen molar-refractivity contribution in [3.63, 3.8) is 0 Å². The van der Waals surface area contributed by atoms with Crippen LogP contribution in [0, 0.1) is 12.7 Å². The number of benzene rings is 2. The van der Waals surface area contributed by atoms with Gasteiger partial charge in [-0.3, -0.25) is 14.5 Å². The number of halogens is 1. The molecule has 0 spiro atoms. The van der Waals surface area contributed by atoms with Gasteiger partial charge in [-0.2, -0.15) is 0 Å². The number of pyridine rings is 1. The van der Waals surface area contributed by atoms with Gasteiger partial charge < -0.3 is 13.9 Å². The molecule has 0 saturated carbocycles. The Morgan fingerprint density at radius 3 is 2.49 bits per heavy atom. The highest BCUT2D eigenvalue weighted by molar-refractivity contribution is 6.10. The Kier molecular flexibility index (Phi) is 5.72. The lowest BCUT2D eigenvalue weighted by molar-refractivity contribution is 0.0970. The SMILES string of the molecule is CCOc1ccc([C@H]2c3c(oc4ccc(F)cc4c3=O)C(=O)N2c2ccc(C)cn2)cc1OCC. The first kappa shape index (κ1) is 22.6. The molecule has 5 rings (SSSR count). The lowest BCUT2D eigenvalue weighted by Gasteiger charge is -2.25. The van der Waals surface area contributed by atoms with Crippen molar-refractivity contribution in [2.45, 2.75) is 26.8 Å². The maximum absolute atomic E-state index is 14.0. The second-order valence-corrected chi connectivity index (χ2v) is 8.16. The number of aromatic nitrogens is 1. The fourth-order valence-corrected chi connectivity index (χ4v) is 4.34. The van der Waals surface area contributed by atoms with Crippen molar-refractivity contribution in [2.24, 2.45) is 0 Å². The number of rotatable bonds is 6. The summed E-state index contributed by atoms with van der Waals surface area (Å²) in [6.07, 6.45) is 1.65. The van der Waals surface area contributed by atoms with Crippen LogP contribution in [-0.4, -0.2) is 24.1 Å². The molecule has 1 atom stereocenters. The van der Waals surface area contributed by atoms with Crippen LogP contribution in [0.15, 0.2) is 63.9 Å². The maximum atomic E-state index is 14.0. The number of ether oxygens (including phenoxy) is 2. The number of fused-ring (bicyclic) bond motifs is 2. The van der Waals surface area contributed by atoms with Crippen molar-refractivity contribution >= 4 is 22.7 Å². The van der Waals surface area contributed by atoms with Crippen molar-refractivity contribution < 1.29 is 23.1 Å². The normalized spacial score (nSPS) is 14.9. The van der Waals surface area contributed by atoms with Gasteiger partial charge in [-0.25, -0.2) is 9.37 Å². The smallest absolute Gasteiger partial charge is 0.296 e. The van der Waals surface area contributed by atoms with Gasteiger partial charge >= 0.3 is 0 Å². The second-order valence-electron chi connectivity index (χ2n) is 8.16. The van der Waals surface area contributed by atoms with E-state index < -0.39 is 23.2 Å². The van der Waals surface area contributed by atoms with Crippen LogP contribution in [0.5, 0.6) is 11.5 Å². The second kappa shape index (κ2) is 8.87. The van der Waals surface area contributed by atoms with E-state index in [-0.39, 0.29) is 22.3 Å². The van der Waals surface area contributed by atoms with Gasteiger partial charge in [0.15, 0.2) is 16.9 Å². The van der Waals surface area contributed by atoms with Gasteiger partial charge in [0.1, 0.15) is 17.2 Å². The standard InChI is InChI=1S/C27H23FN2O5/c1-4-33-20-9-7-16(12-21(20)34-5-2)24-23-25(31)18-13-17(28)8-10-19(18)35-26(23)27(32)30(24)22-11-6-15(3)14-29-22/h6-14,24H,4-5H2,1-3H3/t24-/m0/s1. The fourth-order valence-electron chi connectivity index (χ4n) is 4.34. The average Bonchev–Trinajstić information content (AvgIpc) is 3.14. The van der Waals surface area contributed by atoms with Gasteiger partial charge in [-0.1, -0.05) is 12.1 Å². The van der Waals surface area contributed by atoms with Crippen molar-refractivity contribution in [1.82, 2.24) is 4.98 Å². The average molecular weight is 474 g/mol. The van der Waals surface area contributed by atoms with Crippen molar-refractivity contribution in [3.05, 3.63) is 93.2 Å². The van der Waals surface area contributed by atoms with Crippen molar-refractivity contribution in [1.29, 1.82) is 0 Å². The van der Waals surface area contributed by atoms with E-state index in [1.165, 1.54) is 17.0 Å². The van der Waals surface area contributed by atoms with E-state index in [9.17, 15) is 14.0 Å². The number of aryl methyl sites for hydroxylation is 1. The van der Waals surface area contributed by atoms with E-state index in [2.05, 4.69) is 4.98 Å². The third-order valence-corrected chi connectivity index (χ3v) is 5.86. The quantitative estimate of drug-likeness (QED) is 0.383. The number of hydrogen-bond acceptors (Lipinski definition) is 6. The Balaban J connectivity index is 1.78. The van der Waals surface area contributed by atoms with E-state index in [0.717, 1.165) is 11.6 Å². The molecular weight excluding hydrogens is 451 g/mol. The molecule has 7 nitrogen and oxygen atoms in total. The molecule has 2 aromatic carbocycles. The number of hydrogen-bond donors (Lipinski definition) is 0. The first-order valence-corrected chi connectivity index (χ1v) is 11.3. The summed E-state index contributed by atoms with van der Waals surface area (Å²) in [5.74, 6) is 0.238. The number of amides is 1. The Morgan fingerprint density at radius 1 is 1.00 bits per heavy atom. The van der Waals surface area contributed by atoms with E-state index in [0.29, 0.717) is 36.1 Å². The topological polar surface area (TPSA) is 81.9 Å². The third kappa shape index (κ3) is 3.80. The molecule has 0 bridgehead atoms. The van der Waals surface area contributed by atoms with Crippen LogP contribution in [0.2, 0.25) is 0 Å². The van der Waals surface area contributed by atoms with Crippen molar-refractivity contribution in [2.75, 3.05) is 18.1 Å². The molecule has 0 N–H and O–H groups in total. The summed E-state index contributed by atoms with van der Waals surface area (Å²) in [5, 5.41) is 0.0660. The largest absolute Gasteiger partial charge is 0.490 e. The molecule has 0 unspecified atom stereocenters. The molecule has 1 aliphatic heterocycles. The lowest BCUT2D eigenvalue weighted by atomic mass is 9.98. The molecule has 3 heterocycles. The minimum Gasteiger partial charge on any atom is -0.490 e. The summed E-state index contributed by atoms with van der Waals surface area (Å²) < 4.78 is 31.3. The summed E-state index contributed by atoms with van der Waals surface area (Å²) in [6, 6.07) is 11.6. The van der Waals surface area contributed by atoms with Gasteiger partial charge in [0.2, 0.25) is 5.76 Å². The lowest BCUT2D eigenvalue weighted by Crippen LogP contribution is -2.30. The van der Waals surface area contributed by atoms with Crippen LogP contribution in [0.4, 0.5) is 10.2 Å². The molecule has 0 saturated heterocycles. The Bertz CT molecular complexity index is 1500. The van der Waals surface area contributed by atoms with Gasteiger partial charge in [-0.05, 0) is 68.3 Å². The van der Waals surface area contributed by atoms with Gasteiger partial charge in [0, 0.05) is 6.20 Å². The predicted molar refractivity (Wildman–Crippen MR) is 129 cm³/mol. The first-order valence-electron chi connectivity index (χ1n) is 11.3. The number of carbonyl (C=O) groups is 1. The molecule has 0 fully saturated rings. The summed E-state index contributed by atoms with van der Waals surface area (Å²) in [7, 11) is 0. The van der Waals surface area contributed by atoms with Crippen LogP contribution in [-0.2, 0) is 0 Å². The predicted octanol–water partition coefficient (Wildman–Crippen LogP) is 5.18. The maximum Gasteiger partial charge on any atom is 0.296 e. The Hall–Kier alpha value is -4.20. The zero-order chi connectivity index (χ0) is 24.7. The molecule has 0 radical (unpaired) electrons. The Labute approximate surface area is 200 Å². The molecule has 4 aromatic rings. The van der Waals surface area contributed by atoms with Gasteiger partial charge in [0.25, 0.3) is 5.91 Å². The van der Waals surface area contributed by atoms with Crippen LogP contribution < -0.4 is 19.8 Å². The van der Waals surface area contributed by atoms with E-state index in [1.54, 1.807) is 30.5 Å². The number of carbonyl (C=O) groups excluding carboxylic acids is 1. The van der Waals surface area contributed by atoms with Crippen LogP contribution in [0.3, 0.4) is 0 Å². The van der Waals surface area contributed by atoms with Gasteiger partial charge in [-0.15, -0.1) is 0 Å². The van der Waals surface area contributed by atoms with E-state index in [4.69, 9.17) is 13.9 Å². The van der Waals surface area contributed by atoms with Crippen molar-refractivity contribution in [3.8, 4) is 11.5 Å². The van der Waals surface area contributed by atoms with Gasteiger partial charge in [0.05, 0.1) is 30.2 Å². The zero-order valence-electron chi connectivity index (χ0n) is 19.5. The summed E-state index contributed by atoms with van der Waals surface area (Å²) in [6.45, 7) is 6.47. The summed E-state index contributed by atoms with van der Waals surface area (Å²) in [5.41, 5.74) is 1.32. The Morgan fingerprint density at radius 2 is 1.77 bits per heavy atom. The van der Waals surface area contributed by atoms with Crippen LogP contribution in [0.1, 0.15) is 47.1 Å².